The van der Waals surface area contributed by atoms with Crippen LogP contribution in [0.2, 0.25) is 0 Å². The van der Waals surface area contributed by atoms with Crippen molar-refractivity contribution in [1.29, 1.82) is 0 Å². The molecule has 0 aliphatic carbocycles. The maximum atomic E-state index is 13.7. The predicted octanol–water partition coefficient (Wildman–Crippen LogP) is 3.02. The van der Waals surface area contributed by atoms with Crippen LogP contribution in [-0.2, 0) is 7.05 Å². The molecule has 6 nitrogen and oxygen atoms in total. The van der Waals surface area contributed by atoms with Gasteiger partial charge in [-0.1, -0.05) is 12.1 Å². The molecule has 1 atom stereocenters. The molecule has 1 aliphatic heterocycles. The smallest absolute Gasteiger partial charge is 0.199 e. The summed E-state index contributed by atoms with van der Waals surface area (Å²) >= 11 is 0. The number of anilines is 1. The second-order valence-electron chi connectivity index (χ2n) is 7.50. The zero-order chi connectivity index (χ0) is 20.5. The van der Waals surface area contributed by atoms with E-state index in [0.717, 1.165) is 53.3 Å². The molecule has 0 radical (unpaired) electrons. The Bertz CT molecular complexity index is 1090. The highest BCUT2D eigenvalue weighted by Crippen LogP contribution is 2.33. The largest absolute Gasteiger partial charge is 0.497 e. The number of nitrogens with one attached hydrogen (secondary N) is 1. The van der Waals surface area contributed by atoms with E-state index in [0.29, 0.717) is 5.56 Å². The minimum absolute atomic E-state index is 0.0339. The lowest BCUT2D eigenvalue weighted by Gasteiger charge is -2.36. The molecule has 0 bridgehead atoms. The van der Waals surface area contributed by atoms with Crippen LogP contribution >= 0.6 is 0 Å². The molecule has 1 saturated heterocycles. The number of piperazine rings is 1. The minimum Gasteiger partial charge on any atom is -0.497 e. The van der Waals surface area contributed by atoms with Crippen LogP contribution in [0.25, 0.3) is 22.0 Å². The Morgan fingerprint density at radius 3 is 2.45 bits per heavy atom. The average molecular weight is 393 g/mol. The fourth-order valence-corrected chi connectivity index (χ4v) is 4.07. The number of benzene rings is 2. The number of aryl methyl sites for hydroxylation is 1. The number of hydrogen-bond donors (Lipinski definition) is 1. The molecule has 6 heteroatoms. The van der Waals surface area contributed by atoms with Gasteiger partial charge in [0.1, 0.15) is 11.5 Å². The highest BCUT2D eigenvalue weighted by Gasteiger charge is 2.24. The number of aromatic nitrogens is 1. The monoisotopic (exact) mass is 393 g/mol. The van der Waals surface area contributed by atoms with Crippen LogP contribution in [0.3, 0.4) is 0 Å². The molecule has 1 unspecified atom stereocenters. The Balaban J connectivity index is 1.98. The minimum atomic E-state index is 0.0339. The Morgan fingerprint density at radius 2 is 1.79 bits per heavy atom. The van der Waals surface area contributed by atoms with E-state index >= 15 is 0 Å². The Labute approximate surface area is 170 Å². The highest BCUT2D eigenvalue weighted by atomic mass is 16.5. The lowest BCUT2D eigenvalue weighted by Crippen LogP contribution is -2.50. The summed E-state index contributed by atoms with van der Waals surface area (Å²) in [5.74, 6) is 1.52. The molecule has 152 valence electrons. The van der Waals surface area contributed by atoms with Gasteiger partial charge in [-0.25, -0.2) is 0 Å². The highest BCUT2D eigenvalue weighted by molar-refractivity contribution is 5.96. The summed E-state index contributed by atoms with van der Waals surface area (Å²) in [4.78, 5) is 16.0. The van der Waals surface area contributed by atoms with Crippen LogP contribution in [0.15, 0.2) is 47.4 Å². The quantitative estimate of drug-likeness (QED) is 0.739. The van der Waals surface area contributed by atoms with E-state index < -0.39 is 0 Å². The topological polar surface area (TPSA) is 55.7 Å². The number of rotatable bonds is 4. The van der Waals surface area contributed by atoms with Crippen molar-refractivity contribution in [1.82, 2.24) is 9.88 Å². The second kappa shape index (κ2) is 7.79. The first-order valence-electron chi connectivity index (χ1n) is 9.86. The maximum Gasteiger partial charge on any atom is 0.199 e. The van der Waals surface area contributed by atoms with Gasteiger partial charge in [-0.15, -0.1) is 0 Å². The number of hydrogen-bond acceptors (Lipinski definition) is 5. The van der Waals surface area contributed by atoms with E-state index in [1.165, 1.54) is 0 Å². The second-order valence-corrected chi connectivity index (χ2v) is 7.50. The zero-order valence-corrected chi connectivity index (χ0v) is 17.4. The third-order valence-corrected chi connectivity index (χ3v) is 5.69. The zero-order valence-electron chi connectivity index (χ0n) is 17.4. The SMILES string of the molecule is COc1ccc(-c2cn(C)c3cc(OC)cc(N4CCNCC4C)c3c2=O)cc1. The normalized spacial score (nSPS) is 16.8. The van der Waals surface area contributed by atoms with E-state index in [4.69, 9.17) is 9.47 Å². The van der Waals surface area contributed by atoms with Crippen LogP contribution in [0.1, 0.15) is 6.92 Å². The number of fused-ring (bicyclic) bond motifs is 1. The molecule has 2 aromatic carbocycles. The van der Waals surface area contributed by atoms with Crippen molar-refractivity contribution in [2.45, 2.75) is 13.0 Å². The van der Waals surface area contributed by atoms with Crippen molar-refractivity contribution in [2.75, 3.05) is 38.8 Å². The summed E-state index contributed by atoms with van der Waals surface area (Å²) in [7, 11) is 5.27. The average Bonchev–Trinajstić information content (AvgIpc) is 2.76. The molecule has 29 heavy (non-hydrogen) atoms. The van der Waals surface area contributed by atoms with Crippen molar-refractivity contribution in [2.24, 2.45) is 7.05 Å². The number of ether oxygens (including phenoxy) is 2. The molecule has 1 fully saturated rings. The van der Waals surface area contributed by atoms with Gasteiger partial charge in [0.2, 0.25) is 0 Å². The first kappa shape index (κ1) is 19.3. The first-order valence-corrected chi connectivity index (χ1v) is 9.86. The summed E-state index contributed by atoms with van der Waals surface area (Å²) in [5.41, 5.74) is 3.39. The van der Waals surface area contributed by atoms with Gasteiger partial charge in [0.25, 0.3) is 0 Å². The van der Waals surface area contributed by atoms with Crippen molar-refractivity contribution >= 4 is 16.6 Å². The molecule has 1 aromatic heterocycles. The van der Waals surface area contributed by atoms with Crippen LogP contribution in [-0.4, -0.2) is 44.5 Å². The van der Waals surface area contributed by atoms with Gasteiger partial charge in [0, 0.05) is 56.6 Å². The molecular formula is C23H27N3O3. The van der Waals surface area contributed by atoms with Gasteiger partial charge < -0.3 is 24.3 Å². The maximum absolute atomic E-state index is 13.7. The molecule has 1 aliphatic rings. The first-order chi connectivity index (χ1) is 14.0. The molecule has 3 aromatic rings. The molecule has 2 heterocycles. The molecule has 1 N–H and O–H groups in total. The lowest BCUT2D eigenvalue weighted by atomic mass is 10.0. The third kappa shape index (κ3) is 3.44. The Kier molecular flexibility index (Phi) is 5.20. The van der Waals surface area contributed by atoms with E-state index in [-0.39, 0.29) is 11.5 Å². The summed E-state index contributed by atoms with van der Waals surface area (Å²) < 4.78 is 12.8. The summed E-state index contributed by atoms with van der Waals surface area (Å²) in [6.07, 6.45) is 1.90. The Hall–Kier alpha value is -2.99. The molecule has 4 rings (SSSR count). The molecule has 0 spiro atoms. The van der Waals surface area contributed by atoms with Gasteiger partial charge >= 0.3 is 0 Å². The fraction of sp³-hybridized carbons (Fsp3) is 0.348. The number of nitrogens with zero attached hydrogens (tertiary/aromatic N) is 2. The summed E-state index contributed by atoms with van der Waals surface area (Å²) in [5, 5.41) is 4.15. The van der Waals surface area contributed by atoms with E-state index in [2.05, 4.69) is 17.1 Å². The van der Waals surface area contributed by atoms with Crippen LogP contribution < -0.4 is 25.1 Å². The van der Waals surface area contributed by atoms with Gasteiger partial charge in [0.05, 0.1) is 30.8 Å². The van der Waals surface area contributed by atoms with Crippen molar-refractivity contribution in [3.05, 3.63) is 52.8 Å². The van der Waals surface area contributed by atoms with E-state index in [9.17, 15) is 4.79 Å². The molecule has 0 saturated carbocycles. The van der Waals surface area contributed by atoms with Crippen molar-refractivity contribution < 1.29 is 9.47 Å². The molecule has 0 amide bonds. The van der Waals surface area contributed by atoms with Crippen molar-refractivity contribution in [3.8, 4) is 22.6 Å². The Morgan fingerprint density at radius 1 is 1.07 bits per heavy atom. The molecular weight excluding hydrogens is 366 g/mol. The summed E-state index contributed by atoms with van der Waals surface area (Å²) in [6, 6.07) is 11.8. The predicted molar refractivity (Wildman–Crippen MR) is 117 cm³/mol. The van der Waals surface area contributed by atoms with Crippen LogP contribution in [0.5, 0.6) is 11.5 Å². The summed E-state index contributed by atoms with van der Waals surface area (Å²) in [6.45, 7) is 4.80. The van der Waals surface area contributed by atoms with Crippen molar-refractivity contribution in [3.63, 3.8) is 0 Å². The number of pyridine rings is 1. The fourth-order valence-electron chi connectivity index (χ4n) is 4.07. The van der Waals surface area contributed by atoms with Crippen LogP contribution in [0, 0.1) is 0 Å². The van der Waals surface area contributed by atoms with E-state index in [1.54, 1.807) is 14.2 Å². The number of methoxy groups -OCH3 is 2. The van der Waals surface area contributed by atoms with Gasteiger partial charge in [-0.3, -0.25) is 4.79 Å². The standard InChI is InChI=1S/C23H27N3O3/c1-15-13-24-9-10-26(15)21-12-18(29-4)11-20-22(21)23(27)19(14-25(20)2)16-5-7-17(28-3)8-6-16/h5-8,11-12,14-15,24H,9-10,13H2,1-4H3. The third-order valence-electron chi connectivity index (χ3n) is 5.69. The van der Waals surface area contributed by atoms with Crippen LogP contribution in [0.4, 0.5) is 5.69 Å². The van der Waals surface area contributed by atoms with Gasteiger partial charge in [-0.05, 0) is 24.6 Å². The van der Waals surface area contributed by atoms with E-state index in [1.807, 2.05) is 54.2 Å². The lowest BCUT2D eigenvalue weighted by molar-refractivity contribution is 0.414. The van der Waals surface area contributed by atoms with Gasteiger partial charge in [0.15, 0.2) is 5.43 Å². The van der Waals surface area contributed by atoms with Gasteiger partial charge in [-0.2, -0.15) is 0 Å².